The summed E-state index contributed by atoms with van der Waals surface area (Å²) in [6, 6.07) is 8.53. The summed E-state index contributed by atoms with van der Waals surface area (Å²) in [5.74, 6) is -0.787. The number of fused-ring (bicyclic) bond motifs is 1. The largest absolute Gasteiger partial charge is 0.462 e. The van der Waals surface area contributed by atoms with Crippen LogP contribution in [-0.4, -0.2) is 29.2 Å². The highest BCUT2D eigenvalue weighted by atomic mass is 16.7. The van der Waals surface area contributed by atoms with E-state index in [9.17, 15) is 19.7 Å². The maximum Gasteiger partial charge on any atom is 0.338 e. The van der Waals surface area contributed by atoms with Gasteiger partial charge in [0.2, 0.25) is 0 Å². The molecule has 1 saturated carbocycles. The van der Waals surface area contributed by atoms with Crippen molar-refractivity contribution in [3.05, 3.63) is 57.6 Å². The molecule has 1 N–H and O–H groups in total. The SMILES string of the molecule is CCOC(=O)c1cc(C(=O)Nc2ccc3c(c2)OC2(CCCCC2)O3)cc([N+](=O)[O-])c1. The molecule has 2 aliphatic rings. The molecule has 0 saturated heterocycles. The van der Waals surface area contributed by atoms with Gasteiger partial charge in [0, 0.05) is 42.3 Å². The molecule has 31 heavy (non-hydrogen) atoms. The highest BCUT2D eigenvalue weighted by Gasteiger charge is 2.42. The lowest BCUT2D eigenvalue weighted by Gasteiger charge is -2.31. The van der Waals surface area contributed by atoms with Gasteiger partial charge in [-0.05, 0) is 38.0 Å². The van der Waals surface area contributed by atoms with Crippen LogP contribution < -0.4 is 14.8 Å². The van der Waals surface area contributed by atoms with E-state index >= 15 is 0 Å². The second-order valence-corrected chi connectivity index (χ2v) is 7.54. The number of amides is 1. The standard InChI is InChI=1S/C22H22N2O7/c1-2-29-21(26)15-10-14(11-17(12-15)24(27)28)20(25)23-16-6-7-18-19(13-16)31-22(30-18)8-4-3-5-9-22/h6-7,10-13H,2-5,8-9H2,1H3,(H,23,25). The molecule has 1 spiro atoms. The first kappa shape index (κ1) is 20.6. The van der Waals surface area contributed by atoms with E-state index in [1.54, 1.807) is 25.1 Å². The smallest absolute Gasteiger partial charge is 0.338 e. The Hall–Kier alpha value is -3.62. The minimum atomic E-state index is -0.735. The Kier molecular flexibility index (Phi) is 5.50. The van der Waals surface area contributed by atoms with E-state index in [0.29, 0.717) is 17.2 Å². The van der Waals surface area contributed by atoms with Crippen LogP contribution in [0.15, 0.2) is 36.4 Å². The van der Waals surface area contributed by atoms with Crippen LogP contribution >= 0.6 is 0 Å². The van der Waals surface area contributed by atoms with Gasteiger partial charge in [-0.2, -0.15) is 0 Å². The van der Waals surface area contributed by atoms with Crippen molar-refractivity contribution in [3.8, 4) is 11.5 Å². The second-order valence-electron chi connectivity index (χ2n) is 7.54. The molecule has 1 heterocycles. The topological polar surface area (TPSA) is 117 Å². The van der Waals surface area contributed by atoms with Gasteiger partial charge in [0.05, 0.1) is 17.1 Å². The summed E-state index contributed by atoms with van der Waals surface area (Å²) in [7, 11) is 0. The molecule has 2 aromatic rings. The second kappa shape index (κ2) is 8.25. The summed E-state index contributed by atoms with van der Waals surface area (Å²) < 4.78 is 17.0. The molecule has 0 aromatic heterocycles. The van der Waals surface area contributed by atoms with E-state index in [1.165, 1.54) is 6.07 Å². The molecule has 0 unspecified atom stereocenters. The lowest BCUT2D eigenvalue weighted by molar-refractivity contribution is -0.384. The van der Waals surface area contributed by atoms with Gasteiger partial charge >= 0.3 is 5.97 Å². The number of nitro benzene ring substituents is 1. The molecular weight excluding hydrogens is 404 g/mol. The summed E-state index contributed by atoms with van der Waals surface area (Å²) in [6.45, 7) is 1.74. The zero-order chi connectivity index (χ0) is 22.0. The predicted molar refractivity (Wildman–Crippen MR) is 111 cm³/mol. The minimum Gasteiger partial charge on any atom is -0.462 e. The lowest BCUT2D eigenvalue weighted by Crippen LogP contribution is -2.40. The molecular formula is C22H22N2O7. The number of carbonyl (C=O) groups is 2. The molecule has 0 radical (unpaired) electrons. The van der Waals surface area contributed by atoms with Gasteiger partial charge in [-0.1, -0.05) is 6.42 Å². The third kappa shape index (κ3) is 4.30. The molecule has 9 heteroatoms. The number of nitrogens with zero attached hydrogens (tertiary/aromatic N) is 1. The van der Waals surface area contributed by atoms with E-state index in [2.05, 4.69) is 5.32 Å². The van der Waals surface area contributed by atoms with Crippen LogP contribution in [0.2, 0.25) is 0 Å². The number of carbonyl (C=O) groups excluding carboxylic acids is 2. The highest BCUT2D eigenvalue weighted by molar-refractivity contribution is 6.06. The van der Waals surface area contributed by atoms with Crippen molar-refractivity contribution in [2.75, 3.05) is 11.9 Å². The summed E-state index contributed by atoms with van der Waals surface area (Å²) >= 11 is 0. The summed E-state index contributed by atoms with van der Waals surface area (Å²) in [4.78, 5) is 35.4. The molecule has 1 aliphatic carbocycles. The van der Waals surface area contributed by atoms with Crippen molar-refractivity contribution in [1.29, 1.82) is 0 Å². The predicted octanol–water partition coefficient (Wildman–Crippen LogP) is 4.46. The molecule has 1 amide bonds. The third-order valence-electron chi connectivity index (χ3n) is 5.31. The molecule has 9 nitrogen and oxygen atoms in total. The zero-order valence-corrected chi connectivity index (χ0v) is 17.0. The van der Waals surface area contributed by atoms with Gasteiger partial charge in [-0.3, -0.25) is 14.9 Å². The fourth-order valence-corrected chi connectivity index (χ4v) is 3.85. The molecule has 1 aliphatic heterocycles. The number of hydrogen-bond donors (Lipinski definition) is 1. The average molecular weight is 426 g/mol. The normalized spacial score (nSPS) is 16.0. The Morgan fingerprint density at radius 3 is 2.48 bits per heavy atom. The van der Waals surface area contributed by atoms with E-state index in [4.69, 9.17) is 14.2 Å². The van der Waals surface area contributed by atoms with E-state index in [0.717, 1.165) is 44.2 Å². The highest BCUT2D eigenvalue weighted by Crippen LogP contribution is 2.46. The van der Waals surface area contributed by atoms with Crippen molar-refractivity contribution in [3.63, 3.8) is 0 Å². The Labute approximate surface area is 178 Å². The lowest BCUT2D eigenvalue weighted by atomic mass is 9.94. The molecule has 0 bridgehead atoms. The average Bonchev–Trinajstić information content (AvgIpc) is 3.10. The number of esters is 1. The Morgan fingerprint density at radius 1 is 1.06 bits per heavy atom. The molecule has 1 fully saturated rings. The Bertz CT molecular complexity index is 1040. The summed E-state index contributed by atoms with van der Waals surface area (Å²) in [5, 5.41) is 13.9. The first-order valence-corrected chi connectivity index (χ1v) is 10.2. The van der Waals surface area contributed by atoms with Crippen LogP contribution in [-0.2, 0) is 4.74 Å². The van der Waals surface area contributed by atoms with Crippen LogP contribution in [0.1, 0.15) is 59.7 Å². The van der Waals surface area contributed by atoms with E-state index < -0.39 is 22.6 Å². The summed E-state index contributed by atoms with van der Waals surface area (Å²) in [5.41, 5.74) is -0.0187. The molecule has 4 rings (SSSR count). The van der Waals surface area contributed by atoms with Crippen LogP contribution in [0, 0.1) is 10.1 Å². The number of non-ortho nitro benzene ring substituents is 1. The van der Waals surface area contributed by atoms with Crippen LogP contribution in [0.5, 0.6) is 11.5 Å². The van der Waals surface area contributed by atoms with Crippen molar-refractivity contribution in [1.82, 2.24) is 0 Å². The number of rotatable bonds is 5. The Morgan fingerprint density at radius 2 is 1.77 bits per heavy atom. The third-order valence-corrected chi connectivity index (χ3v) is 5.31. The van der Waals surface area contributed by atoms with Gasteiger partial charge < -0.3 is 19.5 Å². The van der Waals surface area contributed by atoms with E-state index in [-0.39, 0.29) is 23.4 Å². The maximum absolute atomic E-state index is 12.8. The fraction of sp³-hybridized carbons (Fsp3) is 0.364. The quantitative estimate of drug-likeness (QED) is 0.426. The molecule has 0 atom stereocenters. The fourth-order valence-electron chi connectivity index (χ4n) is 3.85. The maximum atomic E-state index is 12.8. The van der Waals surface area contributed by atoms with E-state index in [1.807, 2.05) is 0 Å². The van der Waals surface area contributed by atoms with Crippen LogP contribution in [0.25, 0.3) is 0 Å². The van der Waals surface area contributed by atoms with Crippen molar-refractivity contribution in [2.24, 2.45) is 0 Å². The first-order chi connectivity index (χ1) is 14.9. The zero-order valence-electron chi connectivity index (χ0n) is 17.0. The number of nitro groups is 1. The van der Waals surface area contributed by atoms with Gasteiger partial charge in [0.15, 0.2) is 11.5 Å². The van der Waals surface area contributed by atoms with Gasteiger partial charge in [-0.15, -0.1) is 0 Å². The van der Waals surface area contributed by atoms with Crippen LogP contribution in [0.4, 0.5) is 11.4 Å². The van der Waals surface area contributed by atoms with Crippen molar-refractivity contribution in [2.45, 2.75) is 44.8 Å². The first-order valence-electron chi connectivity index (χ1n) is 10.2. The molecule has 2 aromatic carbocycles. The number of anilines is 1. The molecule has 162 valence electrons. The number of ether oxygens (including phenoxy) is 3. The van der Waals surface area contributed by atoms with Gasteiger partial charge in [-0.25, -0.2) is 4.79 Å². The number of hydrogen-bond acceptors (Lipinski definition) is 7. The van der Waals surface area contributed by atoms with Gasteiger partial charge in [0.25, 0.3) is 17.4 Å². The van der Waals surface area contributed by atoms with Crippen molar-refractivity contribution >= 4 is 23.3 Å². The minimum absolute atomic E-state index is 0.0290. The number of benzene rings is 2. The monoisotopic (exact) mass is 426 g/mol. The number of nitrogens with one attached hydrogen (secondary N) is 1. The van der Waals surface area contributed by atoms with Gasteiger partial charge in [0.1, 0.15) is 0 Å². The van der Waals surface area contributed by atoms with Crippen molar-refractivity contribution < 1.29 is 28.7 Å². The van der Waals surface area contributed by atoms with Crippen LogP contribution in [0.3, 0.4) is 0 Å². The summed E-state index contributed by atoms with van der Waals surface area (Å²) in [6.07, 6.45) is 4.85. The Balaban J connectivity index is 1.55.